The molecule has 0 saturated heterocycles. The Morgan fingerprint density at radius 2 is 1.81 bits per heavy atom. The number of anilines is 1. The van der Waals surface area contributed by atoms with Gasteiger partial charge < -0.3 is 9.32 Å². The zero-order chi connectivity index (χ0) is 18.5. The van der Waals surface area contributed by atoms with Crippen LogP contribution in [0.25, 0.3) is 11.0 Å². The van der Waals surface area contributed by atoms with E-state index in [4.69, 9.17) is 16.0 Å². The Balaban J connectivity index is 1.71. The molecule has 4 rings (SSSR count). The predicted octanol–water partition coefficient (Wildman–Crippen LogP) is 5.03. The molecule has 1 aliphatic rings. The Bertz CT molecular complexity index is 1040. The molecule has 2 heterocycles. The maximum Gasteiger partial charge on any atom is 0.416 e. The van der Waals surface area contributed by atoms with Gasteiger partial charge in [-0.25, -0.2) is 0 Å². The highest BCUT2D eigenvalue weighted by Gasteiger charge is 2.30. The molecule has 0 fully saturated rings. The highest BCUT2D eigenvalue weighted by molar-refractivity contribution is 6.34. The lowest BCUT2D eigenvalue weighted by Gasteiger charge is -2.29. The van der Waals surface area contributed by atoms with Crippen molar-refractivity contribution in [1.29, 1.82) is 0 Å². The Labute approximate surface area is 151 Å². The van der Waals surface area contributed by atoms with Gasteiger partial charge in [0.15, 0.2) is 11.0 Å². The van der Waals surface area contributed by atoms with Crippen molar-refractivity contribution < 1.29 is 17.6 Å². The van der Waals surface area contributed by atoms with Crippen LogP contribution < -0.4 is 10.3 Å². The molecular weight excluding hydrogens is 367 g/mol. The Morgan fingerprint density at radius 1 is 1.08 bits per heavy atom. The molecule has 0 atom stereocenters. The molecule has 2 aromatic carbocycles. The molecule has 0 bridgehead atoms. The molecule has 0 amide bonds. The molecule has 7 heteroatoms. The number of benzene rings is 2. The van der Waals surface area contributed by atoms with Crippen LogP contribution in [-0.4, -0.2) is 6.54 Å². The van der Waals surface area contributed by atoms with Gasteiger partial charge in [0, 0.05) is 17.8 Å². The van der Waals surface area contributed by atoms with Crippen LogP contribution in [0.1, 0.15) is 16.9 Å². The number of hydrogen-bond donors (Lipinski definition) is 0. The summed E-state index contributed by atoms with van der Waals surface area (Å²) in [5.41, 5.74) is 0.791. The standard InChI is InChI=1S/C19H13ClF3NO2/c20-15-3-1-2-14-17(25)13-8-9-24(10-16(13)26-18(14)15)12-6-4-11(5-7-12)19(21,22)23/h1-7H,8-10H2. The van der Waals surface area contributed by atoms with Crippen molar-refractivity contribution in [3.63, 3.8) is 0 Å². The number of halogens is 4. The van der Waals surface area contributed by atoms with Gasteiger partial charge in [0.1, 0.15) is 5.76 Å². The maximum atomic E-state index is 12.7. The molecule has 0 unspecified atom stereocenters. The van der Waals surface area contributed by atoms with Gasteiger partial charge in [-0.1, -0.05) is 17.7 Å². The van der Waals surface area contributed by atoms with Crippen LogP contribution >= 0.6 is 11.6 Å². The first-order valence-corrected chi connectivity index (χ1v) is 8.37. The zero-order valence-electron chi connectivity index (χ0n) is 13.4. The lowest BCUT2D eigenvalue weighted by atomic mass is 10.0. The van der Waals surface area contributed by atoms with Gasteiger partial charge >= 0.3 is 6.18 Å². The summed E-state index contributed by atoms with van der Waals surface area (Å²) in [5.74, 6) is 0.502. The highest BCUT2D eigenvalue weighted by atomic mass is 35.5. The molecule has 0 spiro atoms. The van der Waals surface area contributed by atoms with Crippen LogP contribution in [-0.2, 0) is 19.1 Å². The molecule has 0 N–H and O–H groups in total. The fourth-order valence-corrected chi connectivity index (χ4v) is 3.44. The molecule has 0 radical (unpaired) electrons. The first-order chi connectivity index (χ1) is 12.3. The average Bonchev–Trinajstić information content (AvgIpc) is 2.62. The largest absolute Gasteiger partial charge is 0.457 e. The van der Waals surface area contributed by atoms with Crippen molar-refractivity contribution in [2.45, 2.75) is 19.1 Å². The molecule has 0 aliphatic carbocycles. The lowest BCUT2D eigenvalue weighted by Crippen LogP contribution is -2.33. The summed E-state index contributed by atoms with van der Waals surface area (Å²) in [6, 6.07) is 9.99. The SMILES string of the molecule is O=c1c2c(oc3c(Cl)cccc13)CN(c1ccc(C(F)(F)F)cc1)CC2. The topological polar surface area (TPSA) is 33.5 Å². The number of rotatable bonds is 1. The summed E-state index contributed by atoms with van der Waals surface area (Å²) in [6.45, 7) is 0.826. The minimum atomic E-state index is -4.37. The van der Waals surface area contributed by atoms with Gasteiger partial charge in [-0.3, -0.25) is 4.79 Å². The van der Waals surface area contributed by atoms with E-state index < -0.39 is 11.7 Å². The molecule has 26 heavy (non-hydrogen) atoms. The number of fused-ring (bicyclic) bond motifs is 2. The van der Waals surface area contributed by atoms with E-state index in [1.54, 1.807) is 18.2 Å². The highest BCUT2D eigenvalue weighted by Crippen LogP contribution is 2.32. The molecule has 0 saturated carbocycles. The van der Waals surface area contributed by atoms with Gasteiger partial charge in [0.2, 0.25) is 0 Å². The summed E-state index contributed by atoms with van der Waals surface area (Å²) in [4.78, 5) is 14.5. The van der Waals surface area contributed by atoms with Crippen molar-refractivity contribution in [2.75, 3.05) is 11.4 Å². The van der Waals surface area contributed by atoms with Crippen LogP contribution in [0.3, 0.4) is 0 Å². The maximum absolute atomic E-state index is 12.7. The fourth-order valence-electron chi connectivity index (χ4n) is 3.23. The number of para-hydroxylation sites is 1. The van der Waals surface area contributed by atoms with Crippen LogP contribution in [0, 0.1) is 0 Å². The van der Waals surface area contributed by atoms with E-state index in [9.17, 15) is 18.0 Å². The molecule has 3 nitrogen and oxygen atoms in total. The molecule has 1 aliphatic heterocycles. The summed E-state index contributed by atoms with van der Waals surface area (Å²) in [7, 11) is 0. The van der Waals surface area contributed by atoms with Crippen LogP contribution in [0.4, 0.5) is 18.9 Å². The van der Waals surface area contributed by atoms with Gasteiger partial charge in [0.05, 0.1) is 22.5 Å². The molecule has 3 aromatic rings. The van der Waals surface area contributed by atoms with Crippen molar-refractivity contribution >= 4 is 28.3 Å². The lowest BCUT2D eigenvalue weighted by molar-refractivity contribution is -0.137. The van der Waals surface area contributed by atoms with E-state index in [-0.39, 0.29) is 5.43 Å². The quantitative estimate of drug-likeness (QED) is 0.594. The average molecular weight is 380 g/mol. The summed E-state index contributed by atoms with van der Waals surface area (Å²) in [6.07, 6.45) is -3.91. The van der Waals surface area contributed by atoms with Gasteiger partial charge in [-0.05, 0) is 42.8 Å². The van der Waals surface area contributed by atoms with Crippen molar-refractivity contribution in [3.8, 4) is 0 Å². The number of nitrogens with zero attached hydrogens (tertiary/aromatic N) is 1. The van der Waals surface area contributed by atoms with Gasteiger partial charge in [-0.15, -0.1) is 0 Å². The third-order valence-corrected chi connectivity index (χ3v) is 4.87. The van der Waals surface area contributed by atoms with Crippen LogP contribution in [0.15, 0.2) is 51.7 Å². The van der Waals surface area contributed by atoms with E-state index in [1.807, 2.05) is 4.90 Å². The second-order valence-corrected chi connectivity index (χ2v) is 6.57. The second kappa shape index (κ2) is 6.06. The van der Waals surface area contributed by atoms with Crippen molar-refractivity contribution in [1.82, 2.24) is 0 Å². The molecule has 134 valence electrons. The van der Waals surface area contributed by atoms with Crippen LogP contribution in [0.5, 0.6) is 0 Å². The molecule has 1 aromatic heterocycles. The van der Waals surface area contributed by atoms with E-state index in [0.29, 0.717) is 52.5 Å². The third-order valence-electron chi connectivity index (χ3n) is 4.57. The summed E-state index contributed by atoms with van der Waals surface area (Å²) >= 11 is 6.13. The fraction of sp³-hybridized carbons (Fsp3) is 0.211. The van der Waals surface area contributed by atoms with Gasteiger partial charge in [-0.2, -0.15) is 13.2 Å². The van der Waals surface area contributed by atoms with E-state index in [0.717, 1.165) is 12.1 Å². The number of alkyl halides is 3. The summed E-state index contributed by atoms with van der Waals surface area (Å²) in [5, 5.41) is 0.799. The Kier molecular flexibility index (Phi) is 3.95. The first kappa shape index (κ1) is 17.0. The monoisotopic (exact) mass is 379 g/mol. The third kappa shape index (κ3) is 2.84. The van der Waals surface area contributed by atoms with E-state index in [1.165, 1.54) is 12.1 Å². The minimum Gasteiger partial charge on any atom is -0.457 e. The van der Waals surface area contributed by atoms with Gasteiger partial charge in [0.25, 0.3) is 0 Å². The second-order valence-electron chi connectivity index (χ2n) is 6.17. The Morgan fingerprint density at radius 3 is 2.50 bits per heavy atom. The smallest absolute Gasteiger partial charge is 0.416 e. The molecular formula is C19H13ClF3NO2. The zero-order valence-corrected chi connectivity index (χ0v) is 14.2. The predicted molar refractivity (Wildman–Crippen MR) is 93.7 cm³/mol. The van der Waals surface area contributed by atoms with E-state index in [2.05, 4.69) is 0 Å². The normalized spacial score (nSPS) is 14.5. The Hall–Kier alpha value is -2.47. The van der Waals surface area contributed by atoms with Crippen molar-refractivity contribution in [2.24, 2.45) is 0 Å². The number of hydrogen-bond acceptors (Lipinski definition) is 3. The summed E-state index contributed by atoms with van der Waals surface area (Å²) < 4.78 is 44.0. The van der Waals surface area contributed by atoms with Crippen LogP contribution in [0.2, 0.25) is 5.02 Å². The first-order valence-electron chi connectivity index (χ1n) is 8.00. The minimum absolute atomic E-state index is 0.101. The van der Waals surface area contributed by atoms with Crippen molar-refractivity contribution in [3.05, 3.63) is 74.6 Å². The van der Waals surface area contributed by atoms with E-state index >= 15 is 0 Å².